The van der Waals surface area contributed by atoms with Crippen LogP contribution in [-0.2, 0) is 11.2 Å². The van der Waals surface area contributed by atoms with Gasteiger partial charge in [-0.2, -0.15) is 0 Å². The number of aromatic nitrogens is 3. The van der Waals surface area contributed by atoms with Crippen LogP contribution in [0, 0.1) is 6.92 Å². The van der Waals surface area contributed by atoms with Gasteiger partial charge >= 0.3 is 0 Å². The summed E-state index contributed by atoms with van der Waals surface area (Å²) < 4.78 is 12.8. The lowest BCUT2D eigenvalue weighted by Gasteiger charge is -2.19. The number of carbonyl (C=O) groups excluding carboxylic acids is 1. The number of nitrogens with zero attached hydrogens (tertiary/aromatic N) is 3. The summed E-state index contributed by atoms with van der Waals surface area (Å²) in [4.78, 5) is 25.0. The van der Waals surface area contributed by atoms with Crippen LogP contribution >= 0.6 is 0 Å². The molecule has 0 fully saturated rings. The zero-order chi connectivity index (χ0) is 24.9. The molecule has 1 atom stereocenters. The van der Waals surface area contributed by atoms with Crippen molar-refractivity contribution in [2.24, 2.45) is 0 Å². The first-order valence-electron chi connectivity index (χ1n) is 11.1. The maximum absolute atomic E-state index is 12.9. The molecule has 0 aliphatic carbocycles. The van der Waals surface area contributed by atoms with E-state index in [9.17, 15) is 19.8 Å². The van der Waals surface area contributed by atoms with Crippen molar-refractivity contribution in [2.75, 3.05) is 13.7 Å². The van der Waals surface area contributed by atoms with Crippen molar-refractivity contribution >= 4 is 11.6 Å². The highest BCUT2D eigenvalue weighted by Crippen LogP contribution is 2.37. The molecule has 1 amide bonds. The third kappa shape index (κ3) is 5.26. The van der Waals surface area contributed by atoms with Crippen molar-refractivity contribution in [1.82, 2.24) is 19.9 Å². The molecular weight excluding hydrogens is 452 g/mol. The quantitative estimate of drug-likeness (QED) is 0.312. The Labute approximate surface area is 200 Å². The Hall–Kier alpha value is -4.34. The van der Waals surface area contributed by atoms with Gasteiger partial charge in [0.25, 0.3) is 0 Å². The molecule has 1 aromatic carbocycles. The normalized spacial score (nSPS) is 11.9. The van der Waals surface area contributed by atoms with Crippen molar-refractivity contribution in [3.63, 3.8) is 0 Å². The van der Waals surface area contributed by atoms with E-state index in [0.717, 1.165) is 11.5 Å². The van der Waals surface area contributed by atoms with Crippen molar-refractivity contribution in [3.8, 4) is 17.2 Å². The van der Waals surface area contributed by atoms with Crippen LogP contribution in [-0.4, -0.2) is 44.4 Å². The van der Waals surface area contributed by atoms with Gasteiger partial charge in [0.15, 0.2) is 22.9 Å². The molecule has 10 nitrogen and oxygen atoms in total. The number of benzene rings is 1. The second-order valence-corrected chi connectivity index (χ2v) is 8.12. The second kappa shape index (κ2) is 10.3. The summed E-state index contributed by atoms with van der Waals surface area (Å²) in [5.74, 6) is -0.422. The number of rotatable bonds is 9. The van der Waals surface area contributed by atoms with Crippen molar-refractivity contribution in [1.29, 1.82) is 0 Å². The fraction of sp³-hybridized carbons (Fsp3) is 0.280. The van der Waals surface area contributed by atoms with E-state index >= 15 is 0 Å². The minimum atomic E-state index is -0.780. The van der Waals surface area contributed by atoms with Gasteiger partial charge in [-0.3, -0.25) is 14.0 Å². The average molecular weight is 479 g/mol. The van der Waals surface area contributed by atoms with Crippen molar-refractivity contribution in [2.45, 2.75) is 32.1 Å². The molecule has 3 heterocycles. The molecule has 0 spiro atoms. The van der Waals surface area contributed by atoms with Gasteiger partial charge in [0.2, 0.25) is 17.1 Å². The van der Waals surface area contributed by atoms with E-state index in [0.29, 0.717) is 30.7 Å². The van der Waals surface area contributed by atoms with Crippen LogP contribution in [0.4, 0.5) is 0 Å². The Morgan fingerprint density at radius 1 is 1.20 bits per heavy atom. The lowest BCUT2D eigenvalue weighted by molar-refractivity contribution is -0.121. The monoisotopic (exact) mass is 478 g/mol. The van der Waals surface area contributed by atoms with E-state index < -0.39 is 17.1 Å². The fourth-order valence-corrected chi connectivity index (χ4v) is 3.93. The number of nitrogens with one attached hydrogen (secondary N) is 1. The summed E-state index contributed by atoms with van der Waals surface area (Å²) >= 11 is 0. The molecule has 0 radical (unpaired) electrons. The Morgan fingerprint density at radius 2 is 2.03 bits per heavy atom. The molecule has 10 heteroatoms. The zero-order valence-corrected chi connectivity index (χ0v) is 19.4. The van der Waals surface area contributed by atoms with Crippen LogP contribution in [0.15, 0.2) is 57.9 Å². The SMILES string of the molecule is COc1cc([C@H](CC(=O)NCCCc2nnc3ccccn23)c2oc(C)cc(=O)c2O)ccc1O. The van der Waals surface area contributed by atoms with Crippen molar-refractivity contribution in [3.05, 3.63) is 81.8 Å². The number of hydrogen-bond acceptors (Lipinski definition) is 8. The number of phenolic OH excluding ortho intramolecular Hbond substituents is 1. The third-order valence-electron chi connectivity index (χ3n) is 5.67. The number of phenols is 1. The molecule has 3 N–H and O–H groups in total. The second-order valence-electron chi connectivity index (χ2n) is 8.12. The van der Waals surface area contributed by atoms with E-state index in [4.69, 9.17) is 9.15 Å². The van der Waals surface area contributed by atoms with Gasteiger partial charge in [-0.15, -0.1) is 10.2 Å². The van der Waals surface area contributed by atoms with E-state index in [1.165, 1.54) is 19.2 Å². The fourth-order valence-electron chi connectivity index (χ4n) is 3.93. The number of carbonyl (C=O) groups is 1. The maximum Gasteiger partial charge on any atom is 0.227 e. The van der Waals surface area contributed by atoms with Crippen LogP contribution in [0.3, 0.4) is 0 Å². The Balaban J connectivity index is 1.49. The van der Waals surface area contributed by atoms with E-state index in [-0.39, 0.29) is 29.6 Å². The third-order valence-corrected chi connectivity index (χ3v) is 5.67. The average Bonchev–Trinajstić information content (AvgIpc) is 3.26. The van der Waals surface area contributed by atoms with Gasteiger partial charge in [-0.25, -0.2) is 0 Å². The Morgan fingerprint density at radius 3 is 2.83 bits per heavy atom. The number of aryl methyl sites for hydroxylation is 2. The van der Waals surface area contributed by atoms with E-state index in [2.05, 4.69) is 15.5 Å². The predicted octanol–water partition coefficient (Wildman–Crippen LogP) is 2.68. The van der Waals surface area contributed by atoms with Gasteiger partial charge < -0.3 is 24.7 Å². The maximum atomic E-state index is 12.9. The Bertz CT molecular complexity index is 1410. The molecule has 4 rings (SSSR count). The van der Waals surface area contributed by atoms with Gasteiger partial charge in [-0.05, 0) is 43.2 Å². The number of methoxy groups -OCH3 is 1. The summed E-state index contributed by atoms with van der Waals surface area (Å²) in [6.07, 6.45) is 3.06. The summed E-state index contributed by atoms with van der Waals surface area (Å²) in [5, 5.41) is 31.6. The van der Waals surface area contributed by atoms with Crippen LogP contribution in [0.2, 0.25) is 0 Å². The smallest absolute Gasteiger partial charge is 0.227 e. The number of ether oxygens (including phenoxy) is 1. The van der Waals surface area contributed by atoms with Gasteiger partial charge in [0, 0.05) is 31.6 Å². The molecular formula is C25H26N4O6. The van der Waals surface area contributed by atoms with Gasteiger partial charge in [0.05, 0.1) is 13.0 Å². The lowest BCUT2D eigenvalue weighted by Crippen LogP contribution is -2.27. The highest BCUT2D eigenvalue weighted by atomic mass is 16.5. The summed E-state index contributed by atoms with van der Waals surface area (Å²) in [6.45, 7) is 1.99. The number of hydrogen-bond donors (Lipinski definition) is 3. The molecule has 0 saturated heterocycles. The first-order valence-corrected chi connectivity index (χ1v) is 11.1. The van der Waals surface area contributed by atoms with Gasteiger partial charge in [-0.1, -0.05) is 12.1 Å². The largest absolute Gasteiger partial charge is 0.504 e. The minimum Gasteiger partial charge on any atom is -0.504 e. The zero-order valence-electron chi connectivity index (χ0n) is 19.4. The highest BCUT2D eigenvalue weighted by molar-refractivity contribution is 5.77. The lowest BCUT2D eigenvalue weighted by atomic mass is 9.91. The number of amides is 1. The molecule has 0 aliphatic heterocycles. The van der Waals surface area contributed by atoms with Crippen LogP contribution < -0.4 is 15.5 Å². The summed E-state index contributed by atoms with van der Waals surface area (Å²) in [6, 6.07) is 11.4. The number of fused-ring (bicyclic) bond motifs is 1. The van der Waals surface area contributed by atoms with Crippen molar-refractivity contribution < 1.29 is 24.2 Å². The van der Waals surface area contributed by atoms with E-state index in [1.807, 2.05) is 28.8 Å². The van der Waals surface area contributed by atoms with Crippen LogP contribution in [0.25, 0.3) is 5.65 Å². The molecule has 3 aromatic heterocycles. The van der Waals surface area contributed by atoms with Crippen LogP contribution in [0.1, 0.15) is 41.7 Å². The number of pyridine rings is 1. The van der Waals surface area contributed by atoms with E-state index in [1.54, 1.807) is 19.1 Å². The minimum absolute atomic E-state index is 0.0205. The summed E-state index contributed by atoms with van der Waals surface area (Å²) in [7, 11) is 1.41. The molecule has 0 aliphatic rings. The van der Waals surface area contributed by atoms with Gasteiger partial charge in [0.1, 0.15) is 11.6 Å². The van der Waals surface area contributed by atoms with Crippen LogP contribution in [0.5, 0.6) is 17.2 Å². The first-order chi connectivity index (χ1) is 16.9. The molecule has 182 valence electrons. The first kappa shape index (κ1) is 23.8. The molecule has 4 aromatic rings. The standard InChI is InChI=1S/C25H26N4O6/c1-15-12-19(31)24(33)25(35-15)17(16-8-9-18(30)20(13-16)34-2)14-23(32)26-10-5-7-22-28-27-21-6-3-4-11-29(21)22/h3-4,6,8-9,11-13,17,30,33H,5,7,10,14H2,1-2H3,(H,26,32)/t17-/m0/s1. The topological polar surface area (TPSA) is 139 Å². The number of aromatic hydroxyl groups is 2. The highest BCUT2D eigenvalue weighted by Gasteiger charge is 2.26. The molecule has 0 saturated carbocycles. The molecule has 0 bridgehead atoms. The molecule has 35 heavy (non-hydrogen) atoms. The summed E-state index contributed by atoms with van der Waals surface area (Å²) in [5.41, 5.74) is 0.701. The Kier molecular flexibility index (Phi) is 7.00. The molecule has 0 unspecified atom stereocenters. The predicted molar refractivity (Wildman–Crippen MR) is 127 cm³/mol.